The Hall–Kier alpha value is -3.12. The Morgan fingerprint density at radius 3 is 2.42 bits per heavy atom. The lowest BCUT2D eigenvalue weighted by atomic mass is 9.80. The Morgan fingerprint density at radius 2 is 1.81 bits per heavy atom. The van der Waals surface area contributed by atoms with Crippen LogP contribution in [0.4, 0.5) is 10.5 Å². The summed E-state index contributed by atoms with van der Waals surface area (Å²) in [6, 6.07) is 13.4. The van der Waals surface area contributed by atoms with Gasteiger partial charge in [-0.15, -0.1) is 0 Å². The Balaban J connectivity index is 1.68. The van der Waals surface area contributed by atoms with Crippen LogP contribution in [0.3, 0.4) is 0 Å². The van der Waals surface area contributed by atoms with Crippen molar-refractivity contribution in [1.29, 1.82) is 5.26 Å². The number of benzene rings is 2. The van der Waals surface area contributed by atoms with Gasteiger partial charge in [-0.05, 0) is 55.3 Å². The zero-order chi connectivity index (χ0) is 26.0. The van der Waals surface area contributed by atoms with Gasteiger partial charge in [-0.3, -0.25) is 14.5 Å². The lowest BCUT2D eigenvalue weighted by Crippen LogP contribution is -2.53. The fourth-order valence-electron chi connectivity index (χ4n) is 5.17. The molecule has 0 bridgehead atoms. The van der Waals surface area contributed by atoms with E-state index < -0.39 is 11.6 Å². The van der Waals surface area contributed by atoms with E-state index in [9.17, 15) is 19.6 Å². The Kier molecular flexibility index (Phi) is 7.55. The number of imide groups is 1. The molecule has 2 fully saturated rings. The average molecular weight is 529 g/mol. The molecule has 0 aliphatic carbocycles. The molecule has 10 heteroatoms. The molecule has 188 valence electrons. The van der Waals surface area contributed by atoms with Gasteiger partial charge in [0.25, 0.3) is 5.91 Å². The fraction of sp³-hybridized carbons (Fsp3) is 0.385. The van der Waals surface area contributed by atoms with Gasteiger partial charge in [0, 0.05) is 42.5 Å². The van der Waals surface area contributed by atoms with Gasteiger partial charge < -0.3 is 9.64 Å². The number of unbranched alkanes of at least 4 members (excludes halogenated alkanes) is 1. The smallest absolute Gasteiger partial charge is 0.332 e. The molecule has 0 N–H and O–H groups in total. The SMILES string of the molecule is COC(=O)CCCCN1CC(c2ccc(C#N)cc2)C2(C1)C(=O)N(c1cc(Cl)cc(Cl)c1)C(=O)N2C. The van der Waals surface area contributed by atoms with Gasteiger partial charge in [0.2, 0.25) is 0 Å². The van der Waals surface area contributed by atoms with E-state index in [2.05, 4.69) is 11.0 Å². The molecule has 2 saturated heterocycles. The number of likely N-dealkylation sites (N-methyl/N-ethyl adjacent to an activating group) is 1. The first-order valence-electron chi connectivity index (χ1n) is 11.6. The number of methoxy groups -OCH3 is 1. The highest BCUT2D eigenvalue weighted by molar-refractivity contribution is 6.35. The summed E-state index contributed by atoms with van der Waals surface area (Å²) in [6.07, 6.45) is 1.73. The lowest BCUT2D eigenvalue weighted by Gasteiger charge is -2.34. The third kappa shape index (κ3) is 4.66. The third-order valence-corrected chi connectivity index (χ3v) is 7.45. The van der Waals surface area contributed by atoms with Gasteiger partial charge in [-0.25, -0.2) is 9.69 Å². The van der Waals surface area contributed by atoms with Crippen molar-refractivity contribution in [2.24, 2.45) is 0 Å². The number of nitrogens with zero attached hydrogens (tertiary/aromatic N) is 4. The van der Waals surface area contributed by atoms with Crippen LogP contribution in [0.25, 0.3) is 0 Å². The Bertz CT molecular complexity index is 1210. The molecule has 1 spiro atoms. The number of hydrogen-bond acceptors (Lipinski definition) is 6. The summed E-state index contributed by atoms with van der Waals surface area (Å²) in [5.41, 5.74) is 0.553. The highest BCUT2D eigenvalue weighted by Crippen LogP contribution is 2.46. The maximum Gasteiger partial charge on any atom is 0.332 e. The maximum atomic E-state index is 14.1. The van der Waals surface area contributed by atoms with E-state index in [4.69, 9.17) is 27.9 Å². The van der Waals surface area contributed by atoms with E-state index in [-0.39, 0.29) is 17.8 Å². The van der Waals surface area contributed by atoms with Crippen molar-refractivity contribution in [3.8, 4) is 6.07 Å². The Labute approximate surface area is 219 Å². The average Bonchev–Trinajstić information content (AvgIpc) is 3.33. The molecule has 0 saturated carbocycles. The first kappa shape index (κ1) is 26.0. The van der Waals surface area contributed by atoms with Crippen molar-refractivity contribution in [2.75, 3.05) is 38.7 Å². The van der Waals surface area contributed by atoms with Crippen molar-refractivity contribution in [2.45, 2.75) is 30.7 Å². The quantitative estimate of drug-likeness (QED) is 0.299. The van der Waals surface area contributed by atoms with E-state index in [0.29, 0.717) is 53.8 Å². The summed E-state index contributed by atoms with van der Waals surface area (Å²) in [4.78, 5) is 43.9. The van der Waals surface area contributed by atoms with Crippen LogP contribution in [0.5, 0.6) is 0 Å². The summed E-state index contributed by atoms with van der Waals surface area (Å²) in [5.74, 6) is -0.929. The van der Waals surface area contributed by atoms with Gasteiger partial charge in [0.15, 0.2) is 0 Å². The summed E-state index contributed by atoms with van der Waals surface area (Å²) in [5, 5.41) is 9.86. The molecule has 2 aromatic carbocycles. The number of amides is 3. The predicted molar refractivity (Wildman–Crippen MR) is 136 cm³/mol. The number of rotatable bonds is 7. The first-order valence-corrected chi connectivity index (χ1v) is 12.3. The van der Waals surface area contributed by atoms with Gasteiger partial charge in [-0.1, -0.05) is 35.3 Å². The molecule has 36 heavy (non-hydrogen) atoms. The van der Waals surface area contributed by atoms with Crippen LogP contribution in [0.2, 0.25) is 10.0 Å². The maximum absolute atomic E-state index is 14.1. The van der Waals surface area contributed by atoms with Crippen molar-refractivity contribution in [1.82, 2.24) is 9.80 Å². The molecule has 2 aliphatic heterocycles. The first-order chi connectivity index (χ1) is 17.2. The van der Waals surface area contributed by atoms with E-state index in [0.717, 1.165) is 16.9 Å². The van der Waals surface area contributed by atoms with Crippen molar-refractivity contribution in [3.05, 3.63) is 63.6 Å². The number of likely N-dealkylation sites (tertiary alicyclic amines) is 1. The number of hydrogen-bond donors (Lipinski definition) is 0. The number of nitriles is 1. The van der Waals surface area contributed by atoms with E-state index >= 15 is 0 Å². The largest absolute Gasteiger partial charge is 0.469 e. The van der Waals surface area contributed by atoms with Crippen LogP contribution in [0.15, 0.2) is 42.5 Å². The number of carbonyl (C=O) groups excluding carboxylic acids is 3. The molecular weight excluding hydrogens is 503 g/mol. The standard InChI is InChI=1S/C26H26Cl2N4O4/c1-30-25(35)32(21-12-19(27)11-20(28)13-21)24(34)26(30)16-31(10-4-3-5-23(33)36-2)15-22(26)18-8-6-17(14-29)7-9-18/h6-9,11-13,22H,3-5,10,15-16H2,1-2H3. The molecule has 2 heterocycles. The van der Waals surface area contributed by atoms with E-state index in [1.165, 1.54) is 12.0 Å². The zero-order valence-electron chi connectivity index (χ0n) is 20.0. The monoisotopic (exact) mass is 528 g/mol. The van der Waals surface area contributed by atoms with Crippen molar-refractivity contribution >= 4 is 46.8 Å². The number of anilines is 1. The highest BCUT2D eigenvalue weighted by atomic mass is 35.5. The predicted octanol–water partition coefficient (Wildman–Crippen LogP) is 4.44. The van der Waals surface area contributed by atoms with E-state index in [1.807, 2.05) is 12.1 Å². The minimum absolute atomic E-state index is 0.254. The van der Waals surface area contributed by atoms with Crippen LogP contribution in [-0.2, 0) is 14.3 Å². The molecule has 2 aliphatic rings. The summed E-state index contributed by atoms with van der Waals surface area (Å²) in [7, 11) is 3.01. The number of carbonyl (C=O) groups is 3. The minimum atomic E-state index is -1.15. The second kappa shape index (κ2) is 10.5. The normalized spacial score (nSPS) is 21.9. The molecule has 0 radical (unpaired) electrons. The molecule has 8 nitrogen and oxygen atoms in total. The van der Waals surface area contributed by atoms with Crippen molar-refractivity contribution in [3.63, 3.8) is 0 Å². The highest BCUT2D eigenvalue weighted by Gasteiger charge is 2.64. The molecule has 4 rings (SSSR count). The molecule has 2 atom stereocenters. The van der Waals surface area contributed by atoms with Crippen LogP contribution >= 0.6 is 23.2 Å². The van der Waals surface area contributed by atoms with Gasteiger partial charge in [0.05, 0.1) is 24.4 Å². The summed E-state index contributed by atoms with van der Waals surface area (Å²) in [6.45, 7) is 1.53. The summed E-state index contributed by atoms with van der Waals surface area (Å²) >= 11 is 12.4. The molecule has 0 aromatic heterocycles. The van der Waals surface area contributed by atoms with Crippen LogP contribution < -0.4 is 4.90 Å². The number of halogens is 2. The second-order valence-corrected chi connectivity index (χ2v) is 9.96. The summed E-state index contributed by atoms with van der Waals surface area (Å²) < 4.78 is 4.71. The van der Waals surface area contributed by atoms with Gasteiger partial charge in [0.1, 0.15) is 5.54 Å². The topological polar surface area (TPSA) is 94.0 Å². The van der Waals surface area contributed by atoms with E-state index in [1.54, 1.807) is 37.4 Å². The number of ether oxygens (including phenoxy) is 1. The fourth-order valence-corrected chi connectivity index (χ4v) is 5.68. The molecule has 3 amide bonds. The number of urea groups is 1. The minimum Gasteiger partial charge on any atom is -0.469 e. The van der Waals surface area contributed by atoms with Crippen LogP contribution in [-0.4, -0.2) is 67.0 Å². The molecular formula is C26H26Cl2N4O4. The molecule has 2 aromatic rings. The Morgan fingerprint density at radius 1 is 1.14 bits per heavy atom. The zero-order valence-corrected chi connectivity index (χ0v) is 21.6. The van der Waals surface area contributed by atoms with Gasteiger partial charge >= 0.3 is 12.0 Å². The van der Waals surface area contributed by atoms with Crippen molar-refractivity contribution < 1.29 is 19.1 Å². The third-order valence-electron chi connectivity index (χ3n) is 7.01. The van der Waals surface area contributed by atoms with Crippen LogP contribution in [0.1, 0.15) is 36.3 Å². The number of esters is 1. The molecule has 2 unspecified atom stereocenters. The lowest BCUT2D eigenvalue weighted by molar-refractivity contribution is -0.140. The van der Waals surface area contributed by atoms with Crippen LogP contribution in [0, 0.1) is 11.3 Å². The van der Waals surface area contributed by atoms with Gasteiger partial charge in [-0.2, -0.15) is 5.26 Å². The second-order valence-electron chi connectivity index (χ2n) is 9.09.